The monoisotopic (exact) mass is 485 g/mol. The highest BCUT2D eigenvalue weighted by Crippen LogP contribution is 2.34. The van der Waals surface area contributed by atoms with E-state index in [2.05, 4.69) is 5.32 Å². The lowest BCUT2D eigenvalue weighted by atomic mass is 10.2. The van der Waals surface area contributed by atoms with Crippen molar-refractivity contribution in [3.05, 3.63) is 73.6 Å². The standard InChI is InChI=1S/C21H15ClF3NO3S2/c1-12(19(27)26-17-10-13(21(23,24)25)6-7-16(17)22)29-20(28)15(18-5-3-9-31-18)11-14-4-2-8-30-14/h2-12H,1H3,(H,26,27). The summed E-state index contributed by atoms with van der Waals surface area (Å²) in [5.74, 6) is -1.54. The fourth-order valence-corrected chi connectivity index (χ4v) is 4.04. The number of carbonyl (C=O) groups is 2. The van der Waals surface area contributed by atoms with Crippen molar-refractivity contribution in [2.45, 2.75) is 19.2 Å². The van der Waals surface area contributed by atoms with Gasteiger partial charge in [-0.2, -0.15) is 13.2 Å². The van der Waals surface area contributed by atoms with Crippen LogP contribution in [-0.2, 0) is 20.5 Å². The van der Waals surface area contributed by atoms with E-state index in [-0.39, 0.29) is 16.3 Å². The molecule has 3 rings (SSSR count). The maximum absolute atomic E-state index is 12.9. The number of ether oxygens (including phenoxy) is 1. The highest BCUT2D eigenvalue weighted by Gasteiger charge is 2.31. The molecule has 0 spiro atoms. The van der Waals surface area contributed by atoms with Gasteiger partial charge in [0.2, 0.25) is 0 Å². The van der Waals surface area contributed by atoms with Crippen LogP contribution in [0.3, 0.4) is 0 Å². The van der Waals surface area contributed by atoms with Crippen LogP contribution in [-0.4, -0.2) is 18.0 Å². The molecule has 0 aliphatic heterocycles. The number of nitrogens with one attached hydrogen (secondary N) is 1. The van der Waals surface area contributed by atoms with Gasteiger partial charge in [0.1, 0.15) is 0 Å². The Bertz CT molecular complexity index is 1090. The van der Waals surface area contributed by atoms with E-state index in [4.69, 9.17) is 16.3 Å². The molecule has 0 saturated carbocycles. The molecule has 0 fully saturated rings. The summed E-state index contributed by atoms with van der Waals surface area (Å²) >= 11 is 8.67. The third-order valence-corrected chi connectivity index (χ3v) is 6.09. The second-order valence-corrected chi connectivity index (χ2v) is 8.61. The number of hydrogen-bond donors (Lipinski definition) is 1. The van der Waals surface area contributed by atoms with E-state index in [0.717, 1.165) is 23.1 Å². The summed E-state index contributed by atoms with van der Waals surface area (Å²) in [6.45, 7) is 1.33. The van der Waals surface area contributed by atoms with E-state index in [1.165, 1.54) is 29.6 Å². The van der Waals surface area contributed by atoms with Crippen molar-refractivity contribution in [3.8, 4) is 0 Å². The smallest absolute Gasteiger partial charge is 0.416 e. The number of amides is 1. The number of halogens is 4. The van der Waals surface area contributed by atoms with Crippen molar-refractivity contribution in [2.24, 2.45) is 0 Å². The minimum absolute atomic E-state index is 0.0725. The molecule has 1 aromatic carbocycles. The molecule has 0 aliphatic rings. The van der Waals surface area contributed by atoms with Gasteiger partial charge < -0.3 is 10.1 Å². The van der Waals surface area contributed by atoms with E-state index in [1.807, 2.05) is 17.5 Å². The number of carbonyl (C=O) groups excluding carboxylic acids is 2. The van der Waals surface area contributed by atoms with Crippen LogP contribution in [0.4, 0.5) is 18.9 Å². The van der Waals surface area contributed by atoms with Crippen molar-refractivity contribution >= 4 is 63.5 Å². The molecule has 31 heavy (non-hydrogen) atoms. The van der Waals surface area contributed by atoms with E-state index in [1.54, 1.807) is 23.6 Å². The Balaban J connectivity index is 1.75. The van der Waals surface area contributed by atoms with Gasteiger partial charge in [-0.05, 0) is 54.1 Å². The average Bonchev–Trinajstić information content (AvgIpc) is 3.40. The molecule has 0 bridgehead atoms. The van der Waals surface area contributed by atoms with Crippen molar-refractivity contribution in [3.63, 3.8) is 0 Å². The average molecular weight is 486 g/mol. The SMILES string of the molecule is CC(OC(=O)C(=Cc1cccs1)c1cccs1)C(=O)Nc1cc(C(F)(F)F)ccc1Cl. The van der Waals surface area contributed by atoms with Gasteiger partial charge in [0.05, 0.1) is 21.8 Å². The number of hydrogen-bond acceptors (Lipinski definition) is 5. The van der Waals surface area contributed by atoms with Crippen LogP contribution in [0.2, 0.25) is 5.02 Å². The number of thiophene rings is 2. The first-order valence-electron chi connectivity index (χ1n) is 8.83. The van der Waals surface area contributed by atoms with Crippen LogP contribution in [0.1, 0.15) is 22.2 Å². The van der Waals surface area contributed by atoms with Gasteiger partial charge in [0, 0.05) is 9.75 Å². The van der Waals surface area contributed by atoms with Gasteiger partial charge in [-0.25, -0.2) is 4.79 Å². The number of rotatable bonds is 6. The quantitative estimate of drug-likeness (QED) is 0.316. The van der Waals surface area contributed by atoms with Crippen LogP contribution in [0.5, 0.6) is 0 Å². The maximum atomic E-state index is 12.9. The Labute approximate surface area is 188 Å². The highest BCUT2D eigenvalue weighted by molar-refractivity contribution is 7.12. The van der Waals surface area contributed by atoms with Gasteiger partial charge in [0.25, 0.3) is 5.91 Å². The first-order chi connectivity index (χ1) is 14.6. The van der Waals surface area contributed by atoms with Crippen LogP contribution in [0, 0.1) is 0 Å². The predicted molar refractivity (Wildman–Crippen MR) is 117 cm³/mol. The molecule has 10 heteroatoms. The van der Waals surface area contributed by atoms with Crippen molar-refractivity contribution < 1.29 is 27.5 Å². The topological polar surface area (TPSA) is 55.4 Å². The fraction of sp³-hybridized carbons (Fsp3) is 0.143. The van der Waals surface area contributed by atoms with Gasteiger partial charge in [-0.1, -0.05) is 23.7 Å². The van der Waals surface area contributed by atoms with Gasteiger partial charge in [-0.15, -0.1) is 22.7 Å². The molecule has 2 aromatic heterocycles. The summed E-state index contributed by atoms with van der Waals surface area (Å²) in [7, 11) is 0. The Morgan fingerprint density at radius 3 is 2.45 bits per heavy atom. The zero-order valence-corrected chi connectivity index (χ0v) is 18.3. The normalized spacial score (nSPS) is 13.0. The number of esters is 1. The fourth-order valence-electron chi connectivity index (χ4n) is 2.49. The van der Waals surface area contributed by atoms with Gasteiger partial charge in [-0.3, -0.25) is 4.79 Å². The van der Waals surface area contributed by atoms with Crippen molar-refractivity contribution in [1.82, 2.24) is 0 Å². The number of benzene rings is 1. The molecule has 0 saturated heterocycles. The molecular weight excluding hydrogens is 471 g/mol. The molecule has 0 radical (unpaired) electrons. The molecule has 4 nitrogen and oxygen atoms in total. The van der Waals surface area contributed by atoms with Crippen LogP contribution < -0.4 is 5.32 Å². The van der Waals surface area contributed by atoms with Gasteiger partial charge in [0.15, 0.2) is 6.10 Å². The Morgan fingerprint density at radius 1 is 1.13 bits per heavy atom. The molecule has 3 aromatic rings. The van der Waals surface area contributed by atoms with Gasteiger partial charge >= 0.3 is 12.1 Å². The molecule has 1 amide bonds. The van der Waals surface area contributed by atoms with E-state index in [9.17, 15) is 22.8 Å². The zero-order chi connectivity index (χ0) is 22.6. The minimum Gasteiger partial charge on any atom is -0.449 e. The molecule has 1 unspecified atom stereocenters. The Hall–Kier alpha value is -2.62. The molecule has 0 aliphatic carbocycles. The lowest BCUT2D eigenvalue weighted by Crippen LogP contribution is -2.30. The lowest BCUT2D eigenvalue weighted by molar-refractivity contribution is -0.147. The molecule has 2 heterocycles. The number of anilines is 1. The van der Waals surface area contributed by atoms with E-state index < -0.39 is 29.7 Å². The third-order valence-electron chi connectivity index (χ3n) is 4.04. The maximum Gasteiger partial charge on any atom is 0.416 e. The summed E-state index contributed by atoms with van der Waals surface area (Å²) in [4.78, 5) is 26.7. The summed E-state index contributed by atoms with van der Waals surface area (Å²) in [6.07, 6.45) is -4.21. The Kier molecular flexibility index (Phi) is 7.19. The largest absolute Gasteiger partial charge is 0.449 e. The molecule has 162 valence electrons. The molecular formula is C21H15ClF3NO3S2. The second kappa shape index (κ2) is 9.67. The minimum atomic E-state index is -4.59. The van der Waals surface area contributed by atoms with Crippen molar-refractivity contribution in [1.29, 1.82) is 0 Å². The second-order valence-electron chi connectivity index (χ2n) is 6.28. The first kappa shape index (κ1) is 23.1. The lowest BCUT2D eigenvalue weighted by Gasteiger charge is -2.16. The summed E-state index contributed by atoms with van der Waals surface area (Å²) in [5, 5.41) is 5.87. The predicted octanol–water partition coefficient (Wildman–Crippen LogP) is 6.59. The Morgan fingerprint density at radius 2 is 1.84 bits per heavy atom. The van der Waals surface area contributed by atoms with E-state index in [0.29, 0.717) is 4.88 Å². The van der Waals surface area contributed by atoms with Crippen molar-refractivity contribution in [2.75, 3.05) is 5.32 Å². The summed E-state index contributed by atoms with van der Waals surface area (Å²) < 4.78 is 44.0. The highest BCUT2D eigenvalue weighted by atomic mass is 35.5. The van der Waals surface area contributed by atoms with Crippen LogP contribution >= 0.6 is 34.3 Å². The first-order valence-corrected chi connectivity index (χ1v) is 11.0. The summed E-state index contributed by atoms with van der Waals surface area (Å²) in [5.41, 5.74) is -0.915. The van der Waals surface area contributed by atoms with Crippen LogP contribution in [0.25, 0.3) is 11.6 Å². The number of alkyl halides is 3. The molecule has 1 N–H and O–H groups in total. The summed E-state index contributed by atoms with van der Waals surface area (Å²) in [6, 6.07) is 9.77. The van der Waals surface area contributed by atoms with E-state index >= 15 is 0 Å². The zero-order valence-electron chi connectivity index (χ0n) is 15.9. The van der Waals surface area contributed by atoms with Crippen LogP contribution in [0.15, 0.2) is 53.2 Å². The third kappa shape index (κ3) is 5.96. The molecule has 1 atom stereocenters.